The van der Waals surface area contributed by atoms with Gasteiger partial charge in [-0.3, -0.25) is 0 Å². The molecule has 2 aliphatic rings. The summed E-state index contributed by atoms with van der Waals surface area (Å²) in [6.07, 6.45) is 5.17. The van der Waals surface area contributed by atoms with Crippen LogP contribution in [-0.2, 0) is 22.6 Å². The smallest absolute Gasteiger partial charge is 0.124 e. The Labute approximate surface area is 126 Å². The van der Waals surface area contributed by atoms with Gasteiger partial charge in [0.15, 0.2) is 0 Å². The first-order valence-corrected chi connectivity index (χ1v) is 7.93. The van der Waals surface area contributed by atoms with Crippen LogP contribution in [0.1, 0.15) is 36.8 Å². The topological polar surface area (TPSA) is 39.7 Å². The van der Waals surface area contributed by atoms with Crippen LogP contribution in [0, 0.1) is 0 Å². The average Bonchev–Trinajstić information content (AvgIpc) is 3.20. The number of hydrogen-bond acceptors (Lipinski definition) is 4. The van der Waals surface area contributed by atoms with E-state index in [1.807, 2.05) is 6.07 Å². The highest BCUT2D eigenvalue weighted by Crippen LogP contribution is 2.23. The molecule has 0 aromatic heterocycles. The van der Waals surface area contributed by atoms with Crippen LogP contribution in [0.4, 0.5) is 0 Å². The lowest BCUT2D eigenvalue weighted by atomic mass is 10.1. The van der Waals surface area contributed by atoms with Gasteiger partial charge < -0.3 is 19.5 Å². The van der Waals surface area contributed by atoms with Crippen molar-refractivity contribution in [2.75, 3.05) is 20.3 Å². The molecule has 4 nitrogen and oxygen atoms in total. The predicted octanol–water partition coefficient (Wildman–Crippen LogP) is 2.64. The van der Waals surface area contributed by atoms with Crippen LogP contribution < -0.4 is 10.1 Å². The highest BCUT2D eigenvalue weighted by atomic mass is 16.5. The molecule has 1 saturated carbocycles. The number of benzene rings is 1. The number of hydrogen-bond donors (Lipinski definition) is 1. The molecule has 4 heteroatoms. The molecule has 3 rings (SSSR count). The van der Waals surface area contributed by atoms with Gasteiger partial charge in [0.2, 0.25) is 0 Å². The molecule has 1 saturated heterocycles. The van der Waals surface area contributed by atoms with Gasteiger partial charge in [-0.1, -0.05) is 6.07 Å². The molecule has 0 radical (unpaired) electrons. The lowest BCUT2D eigenvalue weighted by Gasteiger charge is -2.14. The van der Waals surface area contributed by atoms with Crippen LogP contribution >= 0.6 is 0 Å². The van der Waals surface area contributed by atoms with Crippen LogP contribution in [-0.4, -0.2) is 32.5 Å². The van der Waals surface area contributed by atoms with Crippen LogP contribution in [0.2, 0.25) is 0 Å². The lowest BCUT2D eigenvalue weighted by molar-refractivity contribution is 0.0101. The Morgan fingerprint density at radius 2 is 2.19 bits per heavy atom. The van der Waals surface area contributed by atoms with Crippen LogP contribution in [0.15, 0.2) is 18.2 Å². The minimum atomic E-state index is 0.274. The molecular weight excluding hydrogens is 266 g/mol. The normalized spacial score (nSPS) is 21.7. The van der Waals surface area contributed by atoms with Gasteiger partial charge in [-0.2, -0.15) is 0 Å². The van der Waals surface area contributed by atoms with E-state index in [1.54, 1.807) is 7.11 Å². The van der Waals surface area contributed by atoms with Gasteiger partial charge in [0.25, 0.3) is 0 Å². The molecule has 21 heavy (non-hydrogen) atoms. The van der Waals surface area contributed by atoms with Gasteiger partial charge in [0.05, 0.1) is 26.4 Å². The van der Waals surface area contributed by atoms with Gasteiger partial charge >= 0.3 is 0 Å². The Morgan fingerprint density at radius 1 is 1.29 bits per heavy atom. The third-order valence-corrected chi connectivity index (χ3v) is 4.10. The molecule has 1 aliphatic carbocycles. The van der Waals surface area contributed by atoms with Gasteiger partial charge in [-0.25, -0.2) is 0 Å². The van der Waals surface area contributed by atoms with Gasteiger partial charge in [-0.15, -0.1) is 0 Å². The first-order valence-electron chi connectivity index (χ1n) is 7.93. The van der Waals surface area contributed by atoms with Crippen LogP contribution in [0.25, 0.3) is 0 Å². The molecule has 1 aliphatic heterocycles. The molecule has 2 fully saturated rings. The van der Waals surface area contributed by atoms with Gasteiger partial charge in [0.1, 0.15) is 5.75 Å². The summed E-state index contributed by atoms with van der Waals surface area (Å²) >= 11 is 0. The first kappa shape index (κ1) is 14.8. The van der Waals surface area contributed by atoms with E-state index in [9.17, 15) is 0 Å². The maximum atomic E-state index is 5.81. The molecule has 1 aromatic carbocycles. The lowest BCUT2D eigenvalue weighted by Crippen LogP contribution is -2.16. The second-order valence-electron chi connectivity index (χ2n) is 5.95. The summed E-state index contributed by atoms with van der Waals surface area (Å²) in [4.78, 5) is 0. The fraction of sp³-hybridized carbons (Fsp3) is 0.647. The highest BCUT2D eigenvalue weighted by molar-refractivity contribution is 5.37. The number of nitrogens with one attached hydrogen (secondary N) is 1. The summed E-state index contributed by atoms with van der Waals surface area (Å²) in [6.45, 7) is 3.06. The fourth-order valence-corrected chi connectivity index (χ4v) is 2.68. The third kappa shape index (κ3) is 4.43. The Kier molecular flexibility index (Phi) is 5.12. The third-order valence-electron chi connectivity index (χ3n) is 4.10. The number of ether oxygens (including phenoxy) is 3. The van der Waals surface area contributed by atoms with Crippen LogP contribution in [0.5, 0.6) is 5.75 Å². The van der Waals surface area contributed by atoms with E-state index in [0.717, 1.165) is 43.3 Å². The van der Waals surface area contributed by atoms with Crippen molar-refractivity contribution in [1.82, 2.24) is 5.32 Å². The summed E-state index contributed by atoms with van der Waals surface area (Å²) < 4.78 is 16.8. The zero-order valence-electron chi connectivity index (χ0n) is 12.8. The standard InChI is InChI=1S/C17H25NO3/c1-19-17-7-4-13(10-18-15-5-6-15)9-14(17)11-20-12-16-3-2-8-21-16/h4,7,9,15-16,18H,2-3,5-6,8,10-12H2,1H3. The molecule has 1 unspecified atom stereocenters. The van der Waals surface area contributed by atoms with Gasteiger partial charge in [-0.05, 0) is 43.4 Å². The summed E-state index contributed by atoms with van der Waals surface area (Å²) in [7, 11) is 1.71. The second kappa shape index (κ2) is 7.25. The maximum absolute atomic E-state index is 5.81. The zero-order chi connectivity index (χ0) is 14.5. The van der Waals surface area contributed by atoms with Crippen LogP contribution in [0.3, 0.4) is 0 Å². The Hall–Kier alpha value is -1.10. The van der Waals surface area contributed by atoms with E-state index in [4.69, 9.17) is 14.2 Å². The maximum Gasteiger partial charge on any atom is 0.124 e. The minimum absolute atomic E-state index is 0.274. The van der Waals surface area contributed by atoms with Crippen molar-refractivity contribution in [1.29, 1.82) is 0 Å². The van der Waals surface area contributed by atoms with Crippen molar-refractivity contribution in [2.24, 2.45) is 0 Å². The Morgan fingerprint density at radius 3 is 2.90 bits per heavy atom. The van der Waals surface area contributed by atoms with E-state index in [2.05, 4.69) is 17.4 Å². The molecule has 1 N–H and O–H groups in total. The van der Waals surface area contributed by atoms with E-state index in [1.165, 1.54) is 18.4 Å². The summed E-state index contributed by atoms with van der Waals surface area (Å²) in [5, 5.41) is 3.54. The van der Waals surface area contributed by atoms with Crippen molar-refractivity contribution < 1.29 is 14.2 Å². The average molecular weight is 291 g/mol. The van der Waals surface area contributed by atoms with Crippen molar-refractivity contribution in [3.8, 4) is 5.75 Å². The Bertz CT molecular complexity index is 453. The van der Waals surface area contributed by atoms with E-state index >= 15 is 0 Å². The second-order valence-corrected chi connectivity index (χ2v) is 5.95. The van der Waals surface area contributed by atoms with Crippen molar-refractivity contribution in [2.45, 2.75) is 51.0 Å². The van der Waals surface area contributed by atoms with Crippen molar-refractivity contribution in [3.05, 3.63) is 29.3 Å². The molecule has 116 valence electrons. The fourth-order valence-electron chi connectivity index (χ4n) is 2.68. The molecule has 1 aromatic rings. The molecule has 0 spiro atoms. The molecular formula is C17H25NO3. The minimum Gasteiger partial charge on any atom is -0.496 e. The van der Waals surface area contributed by atoms with Gasteiger partial charge in [0, 0.05) is 24.8 Å². The molecule has 1 atom stereocenters. The van der Waals surface area contributed by atoms with E-state index in [0.29, 0.717) is 13.2 Å². The quantitative estimate of drug-likeness (QED) is 0.799. The summed E-state index contributed by atoms with van der Waals surface area (Å²) in [5.41, 5.74) is 2.41. The SMILES string of the molecule is COc1ccc(CNC2CC2)cc1COCC1CCCO1. The summed E-state index contributed by atoms with van der Waals surface area (Å²) in [5.74, 6) is 0.900. The monoisotopic (exact) mass is 291 g/mol. The van der Waals surface area contributed by atoms with Crippen molar-refractivity contribution in [3.63, 3.8) is 0 Å². The van der Waals surface area contributed by atoms with E-state index in [-0.39, 0.29) is 6.10 Å². The number of rotatable bonds is 8. The van der Waals surface area contributed by atoms with Crippen molar-refractivity contribution >= 4 is 0 Å². The first-order chi connectivity index (χ1) is 10.3. The molecule has 0 bridgehead atoms. The largest absolute Gasteiger partial charge is 0.496 e. The molecule has 1 heterocycles. The molecule has 0 amide bonds. The zero-order valence-corrected chi connectivity index (χ0v) is 12.8. The summed E-state index contributed by atoms with van der Waals surface area (Å²) in [6, 6.07) is 7.07. The van der Waals surface area contributed by atoms with E-state index < -0.39 is 0 Å². The highest BCUT2D eigenvalue weighted by Gasteiger charge is 2.20. The number of methoxy groups -OCH3 is 1. The predicted molar refractivity (Wildman–Crippen MR) is 81.5 cm³/mol. The Balaban J connectivity index is 1.53.